The molecule has 0 radical (unpaired) electrons. The summed E-state index contributed by atoms with van der Waals surface area (Å²) in [5.41, 5.74) is 5.53. The highest BCUT2D eigenvalue weighted by atomic mass is 16.4. The summed E-state index contributed by atoms with van der Waals surface area (Å²) in [5, 5.41) is 14.9. The van der Waals surface area contributed by atoms with Gasteiger partial charge < -0.3 is 5.11 Å². The van der Waals surface area contributed by atoms with Crippen LogP contribution in [0.2, 0.25) is 0 Å². The zero-order chi connectivity index (χ0) is 18.3. The minimum Gasteiger partial charge on any atom is -0.478 e. The lowest BCUT2D eigenvalue weighted by Crippen LogP contribution is -2.00. The van der Waals surface area contributed by atoms with Crippen molar-refractivity contribution in [3.63, 3.8) is 0 Å². The average molecular weight is 343 g/mol. The summed E-state index contributed by atoms with van der Waals surface area (Å²) < 4.78 is 1.76. The van der Waals surface area contributed by atoms with Crippen LogP contribution >= 0.6 is 0 Å². The third kappa shape index (κ3) is 2.73. The predicted octanol–water partition coefficient (Wildman–Crippen LogP) is 4.40. The molecule has 2 aromatic carbocycles. The van der Waals surface area contributed by atoms with Crippen LogP contribution in [0.5, 0.6) is 0 Å². The maximum Gasteiger partial charge on any atom is 0.335 e. The van der Waals surface area contributed by atoms with Crippen molar-refractivity contribution in [2.24, 2.45) is 0 Å². The fourth-order valence-electron chi connectivity index (χ4n) is 2.98. The number of fused-ring (bicyclic) bond motifs is 1. The summed E-state index contributed by atoms with van der Waals surface area (Å²) in [5.74, 6) is -0.975. The van der Waals surface area contributed by atoms with E-state index in [1.807, 2.05) is 50.2 Å². The Morgan fingerprint density at radius 3 is 2.35 bits per heavy atom. The van der Waals surface area contributed by atoms with Crippen LogP contribution in [0.3, 0.4) is 0 Å². The molecule has 0 atom stereocenters. The number of benzene rings is 2. The van der Waals surface area contributed by atoms with Crippen molar-refractivity contribution in [2.45, 2.75) is 13.8 Å². The number of carboxylic acids is 1. The summed E-state index contributed by atoms with van der Waals surface area (Å²) in [6.07, 6.45) is 3.54. The van der Waals surface area contributed by atoms with Gasteiger partial charge in [-0.2, -0.15) is 5.10 Å². The Hall–Kier alpha value is -3.47. The largest absolute Gasteiger partial charge is 0.478 e. The van der Waals surface area contributed by atoms with E-state index in [4.69, 9.17) is 0 Å². The molecule has 5 nitrogen and oxygen atoms in total. The molecule has 2 aromatic heterocycles. The van der Waals surface area contributed by atoms with Gasteiger partial charge in [0.05, 0.1) is 28.7 Å². The fourth-order valence-corrected chi connectivity index (χ4v) is 2.98. The van der Waals surface area contributed by atoms with Gasteiger partial charge in [0.15, 0.2) is 0 Å². The molecule has 1 N–H and O–H groups in total. The molecule has 0 bridgehead atoms. The van der Waals surface area contributed by atoms with Gasteiger partial charge in [-0.1, -0.05) is 23.8 Å². The highest BCUT2D eigenvalue weighted by Gasteiger charge is 2.16. The van der Waals surface area contributed by atoms with E-state index < -0.39 is 5.97 Å². The molecular weight excluding hydrogens is 326 g/mol. The van der Waals surface area contributed by atoms with E-state index in [1.54, 1.807) is 29.2 Å². The molecule has 0 saturated carbocycles. The second kappa shape index (κ2) is 6.11. The molecule has 2 heterocycles. The Morgan fingerprint density at radius 1 is 0.962 bits per heavy atom. The Kier molecular flexibility index (Phi) is 3.77. The van der Waals surface area contributed by atoms with Gasteiger partial charge in [0.1, 0.15) is 0 Å². The van der Waals surface area contributed by atoms with E-state index in [9.17, 15) is 9.90 Å². The van der Waals surface area contributed by atoms with Crippen molar-refractivity contribution >= 4 is 16.9 Å². The number of carbonyl (C=O) groups is 1. The number of aromatic nitrogens is 3. The van der Waals surface area contributed by atoms with Crippen molar-refractivity contribution in [1.82, 2.24) is 14.8 Å². The number of carboxylic acid groups (broad SMARTS) is 1. The molecule has 4 aromatic rings. The van der Waals surface area contributed by atoms with Crippen molar-refractivity contribution in [2.75, 3.05) is 0 Å². The minimum absolute atomic E-state index is 0.212. The van der Waals surface area contributed by atoms with Crippen molar-refractivity contribution < 1.29 is 9.90 Å². The summed E-state index contributed by atoms with van der Waals surface area (Å²) in [6, 6.07) is 15.1. The first kappa shape index (κ1) is 16.0. The molecule has 0 fully saturated rings. The first-order valence-electron chi connectivity index (χ1n) is 8.28. The minimum atomic E-state index is -0.975. The molecule has 0 unspecified atom stereocenters. The van der Waals surface area contributed by atoms with Gasteiger partial charge in [0.2, 0.25) is 0 Å². The number of rotatable bonds is 3. The van der Waals surface area contributed by atoms with Crippen LogP contribution < -0.4 is 0 Å². The van der Waals surface area contributed by atoms with Gasteiger partial charge in [-0.25, -0.2) is 9.48 Å². The van der Waals surface area contributed by atoms with Crippen LogP contribution in [-0.4, -0.2) is 25.8 Å². The monoisotopic (exact) mass is 343 g/mol. The van der Waals surface area contributed by atoms with Crippen LogP contribution in [0.25, 0.3) is 27.8 Å². The summed E-state index contributed by atoms with van der Waals surface area (Å²) in [4.78, 5) is 16.1. The molecule has 4 rings (SSSR count). The molecule has 0 aliphatic heterocycles. The lowest BCUT2D eigenvalue weighted by atomic mass is 10.0. The first-order valence-corrected chi connectivity index (χ1v) is 8.28. The zero-order valence-corrected chi connectivity index (χ0v) is 14.5. The lowest BCUT2D eigenvalue weighted by molar-refractivity contribution is 0.0697. The summed E-state index contributed by atoms with van der Waals surface area (Å²) in [7, 11) is 0. The van der Waals surface area contributed by atoms with Crippen molar-refractivity contribution in [1.29, 1.82) is 0 Å². The number of aryl methyl sites for hydroxylation is 2. The van der Waals surface area contributed by atoms with Gasteiger partial charge in [-0.05, 0) is 49.7 Å². The Labute approximate surface area is 150 Å². The molecule has 0 aliphatic rings. The van der Waals surface area contributed by atoms with Crippen molar-refractivity contribution in [3.8, 4) is 16.9 Å². The Balaban J connectivity index is 1.99. The third-order valence-electron chi connectivity index (χ3n) is 4.40. The number of pyridine rings is 1. The molecule has 128 valence electrons. The maximum absolute atomic E-state index is 11.6. The first-order chi connectivity index (χ1) is 12.5. The summed E-state index contributed by atoms with van der Waals surface area (Å²) >= 11 is 0. The van der Waals surface area contributed by atoms with Gasteiger partial charge in [0.25, 0.3) is 0 Å². The topological polar surface area (TPSA) is 68.0 Å². The molecule has 0 amide bonds. The van der Waals surface area contributed by atoms with Crippen LogP contribution in [-0.2, 0) is 0 Å². The molecule has 0 aliphatic carbocycles. The molecule has 5 heteroatoms. The Bertz CT molecular complexity index is 1110. The van der Waals surface area contributed by atoms with Crippen LogP contribution in [0.1, 0.15) is 21.5 Å². The number of hydrogen-bond donors (Lipinski definition) is 1. The maximum atomic E-state index is 11.6. The number of hydrogen-bond acceptors (Lipinski definition) is 3. The highest BCUT2D eigenvalue weighted by Crippen LogP contribution is 2.30. The van der Waals surface area contributed by atoms with Crippen LogP contribution in [0.4, 0.5) is 0 Å². The number of nitrogens with zero attached hydrogens (tertiary/aromatic N) is 3. The van der Waals surface area contributed by atoms with Crippen molar-refractivity contribution in [3.05, 3.63) is 77.6 Å². The van der Waals surface area contributed by atoms with E-state index in [0.29, 0.717) is 0 Å². The van der Waals surface area contributed by atoms with E-state index in [-0.39, 0.29) is 5.56 Å². The SMILES string of the molecule is Cc1ccc(-n2ncc3c(-c4ccc(C)cn4)cc(C(=O)O)cc32)cc1. The van der Waals surface area contributed by atoms with E-state index in [1.165, 1.54) is 0 Å². The zero-order valence-electron chi connectivity index (χ0n) is 14.5. The third-order valence-corrected chi connectivity index (χ3v) is 4.40. The molecule has 0 saturated heterocycles. The van der Waals surface area contributed by atoms with Gasteiger partial charge in [0, 0.05) is 17.1 Å². The fraction of sp³-hybridized carbons (Fsp3) is 0.0952. The van der Waals surface area contributed by atoms with E-state index in [2.05, 4.69) is 10.1 Å². The van der Waals surface area contributed by atoms with E-state index in [0.717, 1.165) is 39.0 Å². The van der Waals surface area contributed by atoms with E-state index >= 15 is 0 Å². The second-order valence-corrected chi connectivity index (χ2v) is 6.37. The summed E-state index contributed by atoms with van der Waals surface area (Å²) in [6.45, 7) is 3.99. The standard InChI is InChI=1S/C21H17N3O2/c1-13-3-6-16(7-4-13)24-20-10-15(21(25)26)9-17(18(20)12-23-24)19-8-5-14(2)11-22-19/h3-12H,1-2H3,(H,25,26). The van der Waals surface area contributed by atoms with Gasteiger partial charge in [-0.15, -0.1) is 0 Å². The lowest BCUT2D eigenvalue weighted by Gasteiger charge is -2.08. The second-order valence-electron chi connectivity index (χ2n) is 6.37. The smallest absolute Gasteiger partial charge is 0.335 e. The average Bonchev–Trinajstić information content (AvgIpc) is 3.06. The van der Waals surface area contributed by atoms with Gasteiger partial charge >= 0.3 is 5.97 Å². The Morgan fingerprint density at radius 2 is 1.69 bits per heavy atom. The normalized spacial score (nSPS) is 11.0. The van der Waals surface area contributed by atoms with Crippen LogP contribution in [0.15, 0.2) is 60.9 Å². The highest BCUT2D eigenvalue weighted by molar-refractivity contribution is 6.01. The van der Waals surface area contributed by atoms with Gasteiger partial charge in [-0.3, -0.25) is 4.98 Å². The predicted molar refractivity (Wildman–Crippen MR) is 101 cm³/mol. The molecule has 0 spiro atoms. The van der Waals surface area contributed by atoms with Crippen LogP contribution in [0, 0.1) is 13.8 Å². The number of aromatic carboxylic acids is 1. The molecule has 26 heavy (non-hydrogen) atoms. The quantitative estimate of drug-likeness (QED) is 0.598. The molecular formula is C21H17N3O2.